The standard InChI is InChI=1S/C21H23ClO2/c1-3-17(11-7-10-16-8-5-4-6-9-16)20(23)21(24)19-14-18(22)13-12-15(19)2/h4-6,8-9,12-14,17H,3,7,10-11H2,1-2H3. The molecule has 0 spiro atoms. The van der Waals surface area contributed by atoms with Crippen LogP contribution < -0.4 is 0 Å². The Labute approximate surface area is 148 Å². The van der Waals surface area contributed by atoms with Crippen molar-refractivity contribution >= 4 is 23.2 Å². The summed E-state index contributed by atoms with van der Waals surface area (Å²) in [6.07, 6.45) is 3.24. The van der Waals surface area contributed by atoms with Crippen molar-refractivity contribution in [1.29, 1.82) is 0 Å². The van der Waals surface area contributed by atoms with Gasteiger partial charge in [0.2, 0.25) is 11.6 Å². The van der Waals surface area contributed by atoms with E-state index >= 15 is 0 Å². The third-order valence-electron chi connectivity index (χ3n) is 4.39. The molecule has 3 heteroatoms. The Balaban J connectivity index is 2.00. The lowest BCUT2D eigenvalue weighted by Crippen LogP contribution is -2.24. The van der Waals surface area contributed by atoms with Crippen molar-refractivity contribution in [2.45, 2.75) is 39.5 Å². The summed E-state index contributed by atoms with van der Waals surface area (Å²) in [5.74, 6) is -0.933. The molecule has 24 heavy (non-hydrogen) atoms. The first-order valence-electron chi connectivity index (χ1n) is 8.41. The first kappa shape index (κ1) is 18.4. The van der Waals surface area contributed by atoms with Gasteiger partial charge in [-0.1, -0.05) is 54.9 Å². The third kappa shape index (κ3) is 4.78. The number of rotatable bonds is 8. The summed E-state index contributed by atoms with van der Waals surface area (Å²) in [5.41, 5.74) is 2.47. The van der Waals surface area contributed by atoms with E-state index in [1.807, 2.05) is 32.0 Å². The largest absolute Gasteiger partial charge is 0.290 e. The molecule has 0 aliphatic carbocycles. The van der Waals surface area contributed by atoms with Crippen LogP contribution in [-0.4, -0.2) is 11.6 Å². The van der Waals surface area contributed by atoms with Gasteiger partial charge in [0.25, 0.3) is 0 Å². The Morgan fingerprint density at radius 1 is 1.08 bits per heavy atom. The van der Waals surface area contributed by atoms with E-state index < -0.39 is 5.78 Å². The van der Waals surface area contributed by atoms with Crippen LogP contribution in [-0.2, 0) is 11.2 Å². The van der Waals surface area contributed by atoms with E-state index in [9.17, 15) is 9.59 Å². The predicted octanol–water partition coefficient (Wildman–Crippen LogP) is 5.45. The second-order valence-electron chi connectivity index (χ2n) is 6.14. The minimum absolute atomic E-state index is 0.223. The molecule has 0 fully saturated rings. The molecule has 2 aromatic carbocycles. The van der Waals surface area contributed by atoms with Gasteiger partial charge in [-0.3, -0.25) is 9.59 Å². The van der Waals surface area contributed by atoms with Gasteiger partial charge in [0, 0.05) is 16.5 Å². The molecule has 1 unspecified atom stereocenters. The number of carbonyl (C=O) groups is 2. The maximum Gasteiger partial charge on any atom is 0.229 e. The zero-order valence-corrected chi connectivity index (χ0v) is 15.0. The van der Waals surface area contributed by atoms with Crippen molar-refractivity contribution in [2.24, 2.45) is 5.92 Å². The van der Waals surface area contributed by atoms with E-state index in [1.165, 1.54) is 5.56 Å². The molecule has 126 valence electrons. The predicted molar refractivity (Wildman–Crippen MR) is 98.7 cm³/mol. The van der Waals surface area contributed by atoms with Crippen molar-refractivity contribution < 1.29 is 9.59 Å². The summed E-state index contributed by atoms with van der Waals surface area (Å²) in [6.45, 7) is 3.79. The summed E-state index contributed by atoms with van der Waals surface area (Å²) in [4.78, 5) is 25.1. The molecule has 1 atom stereocenters. The lowest BCUT2D eigenvalue weighted by molar-refractivity contribution is -0.119. The molecule has 0 bridgehead atoms. The number of aryl methyl sites for hydroxylation is 2. The number of halogens is 1. The SMILES string of the molecule is CCC(CCCc1ccccc1)C(=O)C(=O)c1cc(Cl)ccc1C. The monoisotopic (exact) mass is 342 g/mol. The molecule has 0 N–H and O–H groups in total. The van der Waals surface area contributed by atoms with Crippen LogP contribution in [0.25, 0.3) is 0 Å². The zero-order valence-electron chi connectivity index (χ0n) is 14.2. The number of hydrogen-bond acceptors (Lipinski definition) is 2. The molecule has 0 aliphatic heterocycles. The molecule has 0 aromatic heterocycles. The molecule has 2 rings (SSSR count). The van der Waals surface area contributed by atoms with Crippen molar-refractivity contribution in [3.8, 4) is 0 Å². The molecular formula is C21H23ClO2. The second-order valence-corrected chi connectivity index (χ2v) is 6.57. The maximum atomic E-state index is 12.6. The van der Waals surface area contributed by atoms with E-state index in [0.717, 1.165) is 24.8 Å². The van der Waals surface area contributed by atoms with Gasteiger partial charge in [-0.15, -0.1) is 0 Å². The molecular weight excluding hydrogens is 320 g/mol. The topological polar surface area (TPSA) is 34.1 Å². The van der Waals surface area contributed by atoms with Gasteiger partial charge in [0.05, 0.1) is 0 Å². The van der Waals surface area contributed by atoms with Gasteiger partial charge in [0.1, 0.15) is 0 Å². The van der Waals surface area contributed by atoms with Crippen LogP contribution in [0.1, 0.15) is 47.7 Å². The fourth-order valence-electron chi connectivity index (χ4n) is 2.87. The number of ketones is 2. The Morgan fingerprint density at radius 3 is 2.46 bits per heavy atom. The average Bonchev–Trinajstić information content (AvgIpc) is 2.60. The highest BCUT2D eigenvalue weighted by molar-refractivity contribution is 6.45. The van der Waals surface area contributed by atoms with Gasteiger partial charge >= 0.3 is 0 Å². The van der Waals surface area contributed by atoms with Crippen LogP contribution in [0.5, 0.6) is 0 Å². The molecule has 0 radical (unpaired) electrons. The summed E-state index contributed by atoms with van der Waals surface area (Å²) in [6, 6.07) is 15.3. The minimum atomic E-state index is -0.415. The molecule has 2 nitrogen and oxygen atoms in total. The highest BCUT2D eigenvalue weighted by Gasteiger charge is 2.25. The van der Waals surface area contributed by atoms with Crippen LogP contribution >= 0.6 is 11.6 Å². The number of Topliss-reactive ketones (excluding diaryl/α,β-unsaturated/α-hetero) is 2. The molecule has 0 amide bonds. The first-order chi connectivity index (χ1) is 11.5. The van der Waals surface area contributed by atoms with Gasteiger partial charge in [-0.2, -0.15) is 0 Å². The fourth-order valence-corrected chi connectivity index (χ4v) is 3.05. The Hall–Kier alpha value is -1.93. The first-order valence-corrected chi connectivity index (χ1v) is 8.79. The van der Waals surface area contributed by atoms with E-state index in [0.29, 0.717) is 17.0 Å². The highest BCUT2D eigenvalue weighted by Crippen LogP contribution is 2.21. The lowest BCUT2D eigenvalue weighted by Gasteiger charge is -2.14. The fraction of sp³-hybridized carbons (Fsp3) is 0.333. The Bertz CT molecular complexity index is 707. The third-order valence-corrected chi connectivity index (χ3v) is 4.63. The quantitative estimate of drug-likeness (QED) is 0.472. The zero-order chi connectivity index (χ0) is 17.5. The minimum Gasteiger partial charge on any atom is -0.290 e. The smallest absolute Gasteiger partial charge is 0.229 e. The second kappa shape index (κ2) is 8.79. The molecule has 2 aromatic rings. The van der Waals surface area contributed by atoms with Gasteiger partial charge in [0.15, 0.2) is 0 Å². The summed E-state index contributed by atoms with van der Waals surface area (Å²) < 4.78 is 0. The van der Waals surface area contributed by atoms with Crippen LogP contribution in [0, 0.1) is 12.8 Å². The Morgan fingerprint density at radius 2 is 1.79 bits per heavy atom. The summed E-state index contributed by atoms with van der Waals surface area (Å²) in [5, 5.41) is 0.480. The van der Waals surface area contributed by atoms with Gasteiger partial charge in [-0.05, 0) is 55.9 Å². The summed E-state index contributed by atoms with van der Waals surface area (Å²) in [7, 11) is 0. The normalized spacial score (nSPS) is 12.0. The van der Waals surface area contributed by atoms with E-state index in [1.54, 1.807) is 18.2 Å². The van der Waals surface area contributed by atoms with Gasteiger partial charge < -0.3 is 0 Å². The molecule has 0 saturated carbocycles. The molecule has 0 aliphatic rings. The Kier molecular flexibility index (Phi) is 6.74. The average molecular weight is 343 g/mol. The van der Waals surface area contributed by atoms with Crippen LogP contribution in [0.2, 0.25) is 5.02 Å². The van der Waals surface area contributed by atoms with E-state index in [4.69, 9.17) is 11.6 Å². The highest BCUT2D eigenvalue weighted by atomic mass is 35.5. The molecule has 0 heterocycles. The summed E-state index contributed by atoms with van der Waals surface area (Å²) >= 11 is 5.97. The van der Waals surface area contributed by atoms with E-state index in [-0.39, 0.29) is 11.7 Å². The lowest BCUT2D eigenvalue weighted by atomic mass is 9.88. The molecule has 0 saturated heterocycles. The maximum absolute atomic E-state index is 12.6. The van der Waals surface area contributed by atoms with Crippen LogP contribution in [0.15, 0.2) is 48.5 Å². The van der Waals surface area contributed by atoms with E-state index in [2.05, 4.69) is 12.1 Å². The van der Waals surface area contributed by atoms with Crippen molar-refractivity contribution in [2.75, 3.05) is 0 Å². The van der Waals surface area contributed by atoms with Crippen molar-refractivity contribution in [1.82, 2.24) is 0 Å². The number of carbonyl (C=O) groups excluding carboxylic acids is 2. The van der Waals surface area contributed by atoms with Crippen molar-refractivity contribution in [3.63, 3.8) is 0 Å². The van der Waals surface area contributed by atoms with Crippen LogP contribution in [0.4, 0.5) is 0 Å². The van der Waals surface area contributed by atoms with Crippen LogP contribution in [0.3, 0.4) is 0 Å². The number of benzene rings is 2. The van der Waals surface area contributed by atoms with Crippen molar-refractivity contribution in [3.05, 3.63) is 70.2 Å². The number of hydrogen-bond donors (Lipinski definition) is 0. The van der Waals surface area contributed by atoms with Gasteiger partial charge in [-0.25, -0.2) is 0 Å².